The predicted molar refractivity (Wildman–Crippen MR) is 83.2 cm³/mol. The first-order chi connectivity index (χ1) is 9.11. The van der Waals surface area contributed by atoms with Crippen LogP contribution in [-0.2, 0) is 4.74 Å². The molecule has 0 atom stereocenters. The molecule has 1 aromatic rings. The average Bonchev–Trinajstić information content (AvgIpc) is 2.39. The number of hydrogen-bond donors (Lipinski definition) is 0. The van der Waals surface area contributed by atoms with Gasteiger partial charge in [-0.2, -0.15) is 0 Å². The monoisotopic (exact) mass is 280 g/mol. The van der Waals surface area contributed by atoms with Gasteiger partial charge in [0.1, 0.15) is 12.4 Å². The smallest absolute Gasteiger partial charge is 0.119 e. The summed E-state index contributed by atoms with van der Waals surface area (Å²) in [6.45, 7) is 7.62. The Hall–Kier alpha value is -0.930. The van der Waals surface area contributed by atoms with Crippen molar-refractivity contribution >= 4 is 11.8 Å². The summed E-state index contributed by atoms with van der Waals surface area (Å²) in [5, 5.41) is 0. The number of benzene rings is 1. The number of rotatable bonds is 8. The summed E-state index contributed by atoms with van der Waals surface area (Å²) in [6.07, 6.45) is 5.46. The molecular formula is C16H24O2S. The van der Waals surface area contributed by atoms with Crippen molar-refractivity contribution < 1.29 is 9.47 Å². The molecule has 0 aliphatic heterocycles. The summed E-state index contributed by atoms with van der Waals surface area (Å²) < 4.78 is 11.2. The van der Waals surface area contributed by atoms with Gasteiger partial charge < -0.3 is 9.47 Å². The van der Waals surface area contributed by atoms with E-state index in [1.165, 1.54) is 10.5 Å². The molecule has 0 amide bonds. The van der Waals surface area contributed by atoms with E-state index in [0.717, 1.165) is 18.8 Å². The molecule has 19 heavy (non-hydrogen) atoms. The highest BCUT2D eigenvalue weighted by Crippen LogP contribution is 2.19. The van der Waals surface area contributed by atoms with Gasteiger partial charge in [-0.3, -0.25) is 0 Å². The predicted octanol–water partition coefficient (Wildman–Crippen LogP) is 4.55. The minimum absolute atomic E-state index is 0.305. The second-order valence-electron chi connectivity index (χ2n) is 4.71. The van der Waals surface area contributed by atoms with Gasteiger partial charge in [-0.25, -0.2) is 0 Å². The van der Waals surface area contributed by atoms with Crippen molar-refractivity contribution in [2.45, 2.75) is 38.2 Å². The van der Waals surface area contributed by atoms with Crippen LogP contribution in [0.15, 0.2) is 40.8 Å². The van der Waals surface area contributed by atoms with Crippen LogP contribution in [0.5, 0.6) is 5.75 Å². The van der Waals surface area contributed by atoms with Gasteiger partial charge in [-0.15, -0.1) is 11.8 Å². The third-order valence-electron chi connectivity index (χ3n) is 2.69. The van der Waals surface area contributed by atoms with Crippen LogP contribution < -0.4 is 4.74 Å². The van der Waals surface area contributed by atoms with E-state index in [1.54, 1.807) is 11.8 Å². The molecular weight excluding hydrogens is 256 g/mol. The van der Waals surface area contributed by atoms with Gasteiger partial charge in [0.15, 0.2) is 0 Å². The van der Waals surface area contributed by atoms with Crippen LogP contribution in [0.1, 0.15) is 27.2 Å². The fourth-order valence-corrected chi connectivity index (χ4v) is 1.92. The summed E-state index contributed by atoms with van der Waals surface area (Å²) in [5.74, 6) is 0.917. The van der Waals surface area contributed by atoms with E-state index in [-0.39, 0.29) is 0 Å². The van der Waals surface area contributed by atoms with Crippen LogP contribution in [0.25, 0.3) is 0 Å². The first kappa shape index (κ1) is 16.1. The van der Waals surface area contributed by atoms with E-state index < -0.39 is 0 Å². The first-order valence-electron chi connectivity index (χ1n) is 6.66. The second kappa shape index (κ2) is 9.05. The lowest BCUT2D eigenvalue weighted by molar-refractivity contribution is 0.0813. The molecule has 0 saturated carbocycles. The molecule has 0 bridgehead atoms. The van der Waals surface area contributed by atoms with Crippen molar-refractivity contribution in [1.29, 1.82) is 0 Å². The molecule has 0 spiro atoms. The van der Waals surface area contributed by atoms with Gasteiger partial charge >= 0.3 is 0 Å². The molecule has 0 heterocycles. The van der Waals surface area contributed by atoms with Gasteiger partial charge in [-0.05, 0) is 63.8 Å². The normalized spacial score (nSPS) is 11.9. The van der Waals surface area contributed by atoms with Crippen LogP contribution >= 0.6 is 11.8 Å². The van der Waals surface area contributed by atoms with Gasteiger partial charge in [0.2, 0.25) is 0 Å². The minimum atomic E-state index is 0.305. The lowest BCUT2D eigenvalue weighted by Crippen LogP contribution is -2.04. The van der Waals surface area contributed by atoms with Crippen LogP contribution in [0.4, 0.5) is 0 Å². The molecule has 0 aliphatic carbocycles. The second-order valence-corrected chi connectivity index (χ2v) is 5.59. The summed E-state index contributed by atoms with van der Waals surface area (Å²) in [7, 11) is 0. The first-order valence-corrected chi connectivity index (χ1v) is 7.88. The molecule has 0 saturated heterocycles. The average molecular weight is 280 g/mol. The summed E-state index contributed by atoms with van der Waals surface area (Å²) in [6, 6.07) is 8.17. The third kappa shape index (κ3) is 7.28. The van der Waals surface area contributed by atoms with Crippen molar-refractivity contribution in [3.8, 4) is 5.75 Å². The SMILES string of the molecule is CSc1ccc(OCC=C(C)CCOC(C)C)cc1. The Balaban J connectivity index is 2.27. The Morgan fingerprint density at radius 2 is 1.95 bits per heavy atom. The van der Waals surface area contributed by atoms with E-state index in [0.29, 0.717) is 12.7 Å². The number of hydrogen-bond acceptors (Lipinski definition) is 3. The maximum Gasteiger partial charge on any atom is 0.119 e. The van der Waals surface area contributed by atoms with Gasteiger partial charge in [0.05, 0.1) is 12.7 Å². The van der Waals surface area contributed by atoms with Gasteiger partial charge in [-0.1, -0.05) is 5.57 Å². The Morgan fingerprint density at radius 3 is 2.53 bits per heavy atom. The third-order valence-corrected chi connectivity index (χ3v) is 3.43. The van der Waals surface area contributed by atoms with Crippen molar-refractivity contribution in [2.24, 2.45) is 0 Å². The lowest BCUT2D eigenvalue weighted by Gasteiger charge is -2.08. The molecule has 0 radical (unpaired) electrons. The molecule has 106 valence electrons. The number of thioether (sulfide) groups is 1. The van der Waals surface area contributed by atoms with Crippen LogP contribution in [0.3, 0.4) is 0 Å². The van der Waals surface area contributed by atoms with E-state index >= 15 is 0 Å². The van der Waals surface area contributed by atoms with E-state index in [2.05, 4.69) is 45.2 Å². The number of ether oxygens (including phenoxy) is 2. The lowest BCUT2D eigenvalue weighted by atomic mass is 10.2. The topological polar surface area (TPSA) is 18.5 Å². The molecule has 0 unspecified atom stereocenters. The largest absolute Gasteiger partial charge is 0.490 e. The summed E-state index contributed by atoms with van der Waals surface area (Å²) >= 11 is 1.74. The van der Waals surface area contributed by atoms with Crippen molar-refractivity contribution in [1.82, 2.24) is 0 Å². The summed E-state index contributed by atoms with van der Waals surface area (Å²) in [4.78, 5) is 1.25. The zero-order chi connectivity index (χ0) is 14.1. The maximum atomic E-state index is 5.68. The van der Waals surface area contributed by atoms with Crippen molar-refractivity contribution in [3.63, 3.8) is 0 Å². The van der Waals surface area contributed by atoms with Gasteiger partial charge in [0.25, 0.3) is 0 Å². The maximum absolute atomic E-state index is 5.68. The Bertz CT molecular complexity index is 382. The highest BCUT2D eigenvalue weighted by atomic mass is 32.2. The van der Waals surface area contributed by atoms with Crippen molar-refractivity contribution in [2.75, 3.05) is 19.5 Å². The molecule has 1 aromatic carbocycles. The van der Waals surface area contributed by atoms with Crippen molar-refractivity contribution in [3.05, 3.63) is 35.9 Å². The molecule has 2 nitrogen and oxygen atoms in total. The molecule has 3 heteroatoms. The van der Waals surface area contributed by atoms with Gasteiger partial charge in [0, 0.05) is 4.90 Å². The molecule has 0 N–H and O–H groups in total. The van der Waals surface area contributed by atoms with Crippen LogP contribution in [0.2, 0.25) is 0 Å². The highest BCUT2D eigenvalue weighted by Gasteiger charge is 1.96. The van der Waals surface area contributed by atoms with E-state index in [1.807, 2.05) is 12.1 Å². The van der Waals surface area contributed by atoms with Crippen LogP contribution in [-0.4, -0.2) is 25.6 Å². The highest BCUT2D eigenvalue weighted by molar-refractivity contribution is 7.98. The molecule has 1 rings (SSSR count). The molecule has 0 fully saturated rings. The zero-order valence-electron chi connectivity index (χ0n) is 12.3. The zero-order valence-corrected chi connectivity index (χ0v) is 13.1. The van der Waals surface area contributed by atoms with Crippen LogP contribution in [0, 0.1) is 0 Å². The quantitative estimate of drug-likeness (QED) is 0.514. The molecule has 0 aliphatic rings. The Labute approximate surface area is 121 Å². The standard InChI is InChI=1S/C16H24O2S/c1-13(2)17-11-9-14(3)10-12-18-15-5-7-16(19-4)8-6-15/h5-8,10,13H,9,11-12H2,1-4H3. The van der Waals surface area contributed by atoms with E-state index in [4.69, 9.17) is 9.47 Å². The Kier molecular flexibility index (Phi) is 7.68. The molecule has 0 aromatic heterocycles. The van der Waals surface area contributed by atoms with E-state index in [9.17, 15) is 0 Å². The fraction of sp³-hybridized carbons (Fsp3) is 0.500. The minimum Gasteiger partial charge on any atom is -0.490 e. The fourth-order valence-electron chi connectivity index (χ4n) is 1.51. The summed E-state index contributed by atoms with van der Waals surface area (Å²) in [5.41, 5.74) is 1.31. The Morgan fingerprint density at radius 1 is 1.26 bits per heavy atom.